The molecule has 2 rings (SSSR count). The largest absolute Gasteiger partial charge is 0.391 e. The van der Waals surface area contributed by atoms with Gasteiger partial charge in [-0.3, -0.25) is 4.79 Å². The normalized spacial score (nSPS) is 19.2. The zero-order valence-corrected chi connectivity index (χ0v) is 9.44. The quantitative estimate of drug-likeness (QED) is 0.148. The molecular weight excluding hydrogens is 238 g/mol. The molecule has 0 bridgehead atoms. The fourth-order valence-corrected chi connectivity index (χ4v) is 1.38. The van der Waals surface area contributed by atoms with Crippen LogP contribution in [-0.4, -0.2) is 24.4 Å². The van der Waals surface area contributed by atoms with Gasteiger partial charge in [0.25, 0.3) is 0 Å². The monoisotopic (exact) mass is 249 g/mol. The molecule has 1 fully saturated rings. The molecule has 0 radical (unpaired) electrons. The van der Waals surface area contributed by atoms with E-state index >= 15 is 0 Å². The van der Waals surface area contributed by atoms with E-state index in [4.69, 9.17) is 4.89 Å². The van der Waals surface area contributed by atoms with E-state index in [1.54, 1.807) is 0 Å². The van der Waals surface area contributed by atoms with Crippen LogP contribution in [0.25, 0.3) is 0 Å². The lowest BCUT2D eigenvalue weighted by atomic mass is 10.2. The smallest absolute Gasteiger partial charge is 0.339 e. The van der Waals surface area contributed by atoms with Crippen LogP contribution in [-0.2, 0) is 30.7 Å². The number of esters is 2. The average Bonchev–Trinajstić information content (AvgIpc) is 2.69. The Hall–Kier alpha value is -2.21. The van der Waals surface area contributed by atoms with E-state index in [0.29, 0.717) is 0 Å². The Balaban J connectivity index is 1.69. The summed E-state index contributed by atoms with van der Waals surface area (Å²) in [5.74, 6) is -1.24. The first-order valence-electron chi connectivity index (χ1n) is 5.34. The van der Waals surface area contributed by atoms with Crippen molar-refractivity contribution in [1.29, 1.82) is 0 Å². The number of nitrogens with zero attached hydrogens (tertiary/aromatic N) is 1. The van der Waals surface area contributed by atoms with Gasteiger partial charge in [0.1, 0.15) is 6.61 Å². The molecule has 0 N–H and O–H groups in total. The highest BCUT2D eigenvalue weighted by atomic mass is 17.2. The summed E-state index contributed by atoms with van der Waals surface area (Å²) in [6.07, 6.45) is 0.935. The molecule has 0 unspecified atom stereocenters. The first-order valence-corrected chi connectivity index (χ1v) is 5.34. The second-order valence-corrected chi connectivity index (χ2v) is 3.61. The van der Waals surface area contributed by atoms with Crippen LogP contribution in [0, 0.1) is 0 Å². The van der Waals surface area contributed by atoms with E-state index in [-0.39, 0.29) is 13.0 Å². The maximum Gasteiger partial charge on any atom is 0.339 e. The second kappa shape index (κ2) is 5.92. The minimum Gasteiger partial charge on any atom is -0.391 e. The Morgan fingerprint density at radius 1 is 1.33 bits per heavy atom. The van der Waals surface area contributed by atoms with Gasteiger partial charge in [-0.1, -0.05) is 30.3 Å². The zero-order valence-electron chi connectivity index (χ0n) is 9.44. The van der Waals surface area contributed by atoms with Gasteiger partial charge in [-0.25, -0.2) is 9.79 Å². The van der Waals surface area contributed by atoms with Gasteiger partial charge in [-0.05, 0) is 5.56 Å². The summed E-state index contributed by atoms with van der Waals surface area (Å²) >= 11 is 0. The van der Waals surface area contributed by atoms with Crippen LogP contribution in [0.3, 0.4) is 0 Å². The van der Waals surface area contributed by atoms with Crippen molar-refractivity contribution < 1.29 is 24.1 Å². The van der Waals surface area contributed by atoms with Gasteiger partial charge in [0.15, 0.2) is 6.04 Å². The molecule has 1 saturated heterocycles. The summed E-state index contributed by atoms with van der Waals surface area (Å²) in [7, 11) is 0. The third-order valence-corrected chi connectivity index (χ3v) is 2.27. The number of rotatable bonds is 5. The summed E-state index contributed by atoms with van der Waals surface area (Å²) in [4.78, 5) is 35.0. The van der Waals surface area contributed by atoms with Gasteiger partial charge in [-0.2, -0.15) is 4.89 Å². The maximum absolute atomic E-state index is 11.0. The topological polar surface area (TPSA) is 74.2 Å². The number of carbonyl (C=O) groups excluding carboxylic acids is 2. The Morgan fingerprint density at radius 2 is 2.11 bits per heavy atom. The van der Waals surface area contributed by atoms with Crippen LogP contribution < -0.4 is 0 Å². The van der Waals surface area contributed by atoms with E-state index in [2.05, 4.69) is 14.6 Å². The van der Waals surface area contributed by atoms with Crippen molar-refractivity contribution in [2.24, 2.45) is 4.99 Å². The number of ether oxygens (including phenoxy) is 1. The van der Waals surface area contributed by atoms with Crippen molar-refractivity contribution in [3.8, 4) is 0 Å². The SMILES string of the molecule is O=C1C[C@H](N=COOCc2ccccc2)C(=O)O1. The molecule has 94 valence electrons. The van der Waals surface area contributed by atoms with Crippen LogP contribution in [0.2, 0.25) is 0 Å². The highest BCUT2D eigenvalue weighted by Crippen LogP contribution is 2.11. The van der Waals surface area contributed by atoms with Gasteiger partial charge in [0, 0.05) is 0 Å². The number of cyclic esters (lactones) is 2. The predicted molar refractivity (Wildman–Crippen MR) is 60.3 cm³/mol. The maximum atomic E-state index is 11.0. The predicted octanol–water partition coefficient (Wildman–Crippen LogP) is 1.01. The highest BCUT2D eigenvalue weighted by Gasteiger charge is 2.32. The van der Waals surface area contributed by atoms with Crippen molar-refractivity contribution in [2.45, 2.75) is 19.1 Å². The van der Waals surface area contributed by atoms with Gasteiger partial charge in [-0.15, -0.1) is 0 Å². The molecule has 1 aromatic rings. The second-order valence-electron chi connectivity index (χ2n) is 3.61. The first-order chi connectivity index (χ1) is 8.75. The fraction of sp³-hybridized carbons (Fsp3) is 0.250. The van der Waals surface area contributed by atoms with E-state index in [0.717, 1.165) is 12.0 Å². The van der Waals surface area contributed by atoms with E-state index < -0.39 is 18.0 Å². The Morgan fingerprint density at radius 3 is 2.78 bits per heavy atom. The Kier molecular flexibility index (Phi) is 4.03. The highest BCUT2D eigenvalue weighted by molar-refractivity contribution is 5.97. The third-order valence-electron chi connectivity index (χ3n) is 2.27. The molecule has 6 nitrogen and oxygen atoms in total. The van der Waals surface area contributed by atoms with Gasteiger partial charge in [0.2, 0.25) is 6.40 Å². The van der Waals surface area contributed by atoms with Gasteiger partial charge < -0.3 is 9.62 Å². The molecule has 18 heavy (non-hydrogen) atoms. The zero-order chi connectivity index (χ0) is 12.8. The molecule has 0 amide bonds. The molecule has 1 heterocycles. The van der Waals surface area contributed by atoms with Crippen molar-refractivity contribution >= 4 is 18.3 Å². The van der Waals surface area contributed by atoms with Gasteiger partial charge >= 0.3 is 11.9 Å². The van der Waals surface area contributed by atoms with Crippen molar-refractivity contribution in [3.05, 3.63) is 35.9 Å². The Bertz CT molecular complexity index is 457. The molecule has 1 atom stereocenters. The summed E-state index contributed by atoms with van der Waals surface area (Å²) in [5, 5.41) is 0. The number of carbonyl (C=O) groups is 2. The number of benzene rings is 1. The van der Waals surface area contributed by atoms with E-state index in [1.165, 1.54) is 0 Å². The number of hydrogen-bond acceptors (Lipinski definition) is 6. The molecular formula is C12H11NO5. The lowest BCUT2D eigenvalue weighted by Crippen LogP contribution is -2.11. The number of aliphatic imine (C=N–C) groups is 1. The fourth-order valence-electron chi connectivity index (χ4n) is 1.38. The van der Waals surface area contributed by atoms with Crippen molar-refractivity contribution in [3.63, 3.8) is 0 Å². The molecule has 0 saturated carbocycles. The minimum atomic E-state index is -0.821. The molecule has 0 spiro atoms. The molecule has 0 aliphatic carbocycles. The van der Waals surface area contributed by atoms with Crippen LogP contribution in [0.4, 0.5) is 0 Å². The summed E-state index contributed by atoms with van der Waals surface area (Å²) in [5.41, 5.74) is 0.946. The van der Waals surface area contributed by atoms with Crippen molar-refractivity contribution in [1.82, 2.24) is 0 Å². The lowest BCUT2D eigenvalue weighted by Gasteiger charge is -2.00. The molecule has 6 heteroatoms. The minimum absolute atomic E-state index is 0.0582. The molecule has 1 aliphatic heterocycles. The van der Waals surface area contributed by atoms with Crippen LogP contribution in [0.15, 0.2) is 35.3 Å². The lowest BCUT2D eigenvalue weighted by molar-refractivity contribution is -0.227. The summed E-state index contributed by atoms with van der Waals surface area (Å²) < 4.78 is 4.31. The molecule has 0 aromatic heterocycles. The standard InChI is InChI=1S/C12H11NO5/c14-11-6-10(12(15)18-11)13-8-17-16-7-9-4-2-1-3-5-9/h1-5,8,10H,6-7H2/t10-/m0/s1. The van der Waals surface area contributed by atoms with Crippen LogP contribution in [0.5, 0.6) is 0 Å². The Labute approximate surface area is 103 Å². The third kappa shape index (κ3) is 3.39. The average molecular weight is 249 g/mol. The number of hydrogen-bond donors (Lipinski definition) is 0. The van der Waals surface area contributed by atoms with Crippen LogP contribution in [0.1, 0.15) is 12.0 Å². The van der Waals surface area contributed by atoms with E-state index in [1.807, 2.05) is 30.3 Å². The molecule has 1 aromatic carbocycles. The summed E-state index contributed by atoms with van der Waals surface area (Å²) in [6.45, 7) is 0.265. The summed E-state index contributed by atoms with van der Waals surface area (Å²) in [6, 6.07) is 8.60. The van der Waals surface area contributed by atoms with Crippen molar-refractivity contribution in [2.75, 3.05) is 0 Å². The molecule has 1 aliphatic rings. The van der Waals surface area contributed by atoms with Crippen LogP contribution >= 0.6 is 0 Å². The first kappa shape index (κ1) is 12.3. The van der Waals surface area contributed by atoms with E-state index in [9.17, 15) is 9.59 Å². The van der Waals surface area contributed by atoms with Gasteiger partial charge in [0.05, 0.1) is 6.42 Å².